The second kappa shape index (κ2) is 5.10. The van der Waals surface area contributed by atoms with Crippen LogP contribution >= 0.6 is 0 Å². The first-order valence-electron chi connectivity index (χ1n) is 6.78. The van der Waals surface area contributed by atoms with Gasteiger partial charge in [0, 0.05) is 17.8 Å². The summed E-state index contributed by atoms with van der Waals surface area (Å²) in [5, 5.41) is 11.8. The van der Waals surface area contributed by atoms with Crippen molar-refractivity contribution in [2.24, 2.45) is 5.92 Å². The van der Waals surface area contributed by atoms with Crippen LogP contribution in [-0.4, -0.2) is 40.1 Å². The molecule has 8 heteroatoms. The van der Waals surface area contributed by atoms with Gasteiger partial charge < -0.3 is 5.73 Å². The lowest BCUT2D eigenvalue weighted by atomic mass is 10.1. The largest absolute Gasteiger partial charge is 0.399 e. The number of benzene rings is 1. The lowest BCUT2D eigenvalue weighted by Gasteiger charge is -2.11. The van der Waals surface area contributed by atoms with E-state index in [0.29, 0.717) is 24.5 Å². The van der Waals surface area contributed by atoms with E-state index < -0.39 is 9.84 Å². The van der Waals surface area contributed by atoms with Gasteiger partial charge in [0.2, 0.25) is 0 Å². The lowest BCUT2D eigenvalue weighted by Crippen LogP contribution is -2.15. The van der Waals surface area contributed by atoms with Gasteiger partial charge in [0.05, 0.1) is 11.5 Å². The quantitative estimate of drug-likeness (QED) is 0.836. The summed E-state index contributed by atoms with van der Waals surface area (Å²) in [7, 11) is -2.89. The number of hydrogen-bond donors (Lipinski definition) is 1. The molecule has 7 nitrogen and oxygen atoms in total. The van der Waals surface area contributed by atoms with Gasteiger partial charge in [-0.2, -0.15) is 0 Å². The zero-order valence-electron chi connectivity index (χ0n) is 11.7. The van der Waals surface area contributed by atoms with E-state index in [4.69, 9.17) is 5.73 Å². The lowest BCUT2D eigenvalue weighted by molar-refractivity contribution is 0.452. The Morgan fingerprint density at radius 2 is 2.24 bits per heavy atom. The normalized spacial score (nSPS) is 20.7. The van der Waals surface area contributed by atoms with Crippen LogP contribution < -0.4 is 5.73 Å². The summed E-state index contributed by atoms with van der Waals surface area (Å²) in [6.45, 7) is 2.48. The standard InChI is InChI=1S/C13H17N5O2S/c1-9-2-3-11(14)6-12(9)13-15-16-17-18(13)7-10-4-5-21(19,20)8-10/h2-3,6,10H,4-5,7-8,14H2,1H3. The molecule has 1 aromatic carbocycles. The van der Waals surface area contributed by atoms with E-state index in [9.17, 15) is 8.42 Å². The average Bonchev–Trinajstić information content (AvgIpc) is 2.99. The van der Waals surface area contributed by atoms with Gasteiger partial charge in [-0.05, 0) is 47.4 Å². The van der Waals surface area contributed by atoms with Gasteiger partial charge in [-0.1, -0.05) is 6.07 Å². The zero-order chi connectivity index (χ0) is 15.0. The highest BCUT2D eigenvalue weighted by Gasteiger charge is 2.29. The van der Waals surface area contributed by atoms with Gasteiger partial charge >= 0.3 is 0 Å². The van der Waals surface area contributed by atoms with Crippen molar-refractivity contribution < 1.29 is 8.42 Å². The van der Waals surface area contributed by atoms with Crippen molar-refractivity contribution in [3.05, 3.63) is 23.8 Å². The van der Waals surface area contributed by atoms with E-state index in [-0.39, 0.29) is 17.4 Å². The van der Waals surface area contributed by atoms with Gasteiger partial charge in [-0.15, -0.1) is 5.10 Å². The summed E-state index contributed by atoms with van der Waals surface area (Å²) in [5.41, 5.74) is 8.38. The molecule has 0 aliphatic carbocycles. The number of aryl methyl sites for hydroxylation is 1. The van der Waals surface area contributed by atoms with Crippen LogP contribution in [0, 0.1) is 12.8 Å². The van der Waals surface area contributed by atoms with Crippen LogP contribution in [0.1, 0.15) is 12.0 Å². The molecular weight excluding hydrogens is 290 g/mol. The van der Waals surface area contributed by atoms with Gasteiger partial charge in [0.15, 0.2) is 15.7 Å². The highest BCUT2D eigenvalue weighted by atomic mass is 32.2. The molecule has 2 heterocycles. The predicted molar refractivity (Wildman–Crippen MR) is 79.2 cm³/mol. The van der Waals surface area contributed by atoms with Crippen molar-refractivity contribution in [3.63, 3.8) is 0 Å². The Labute approximate surface area is 123 Å². The molecule has 2 aromatic rings. The Kier molecular flexibility index (Phi) is 3.40. The van der Waals surface area contributed by atoms with Crippen LogP contribution in [0.5, 0.6) is 0 Å². The highest BCUT2D eigenvalue weighted by molar-refractivity contribution is 7.91. The van der Waals surface area contributed by atoms with E-state index >= 15 is 0 Å². The molecule has 3 rings (SSSR count). The fourth-order valence-electron chi connectivity index (χ4n) is 2.66. The van der Waals surface area contributed by atoms with Gasteiger partial charge in [-0.25, -0.2) is 13.1 Å². The van der Waals surface area contributed by atoms with Gasteiger partial charge in [0.1, 0.15) is 0 Å². The van der Waals surface area contributed by atoms with Crippen molar-refractivity contribution in [1.29, 1.82) is 0 Å². The molecule has 1 aromatic heterocycles. The third kappa shape index (κ3) is 2.90. The van der Waals surface area contributed by atoms with Crippen molar-refractivity contribution >= 4 is 15.5 Å². The van der Waals surface area contributed by atoms with E-state index in [1.54, 1.807) is 4.68 Å². The molecule has 0 radical (unpaired) electrons. The molecule has 112 valence electrons. The minimum atomic E-state index is -2.89. The fourth-order valence-corrected chi connectivity index (χ4v) is 4.51. The highest BCUT2D eigenvalue weighted by Crippen LogP contribution is 2.25. The SMILES string of the molecule is Cc1ccc(N)cc1-c1nnnn1CC1CCS(=O)(=O)C1. The number of tetrazole rings is 1. The number of hydrogen-bond acceptors (Lipinski definition) is 6. The molecule has 2 N–H and O–H groups in total. The van der Waals surface area contributed by atoms with E-state index in [1.807, 2.05) is 25.1 Å². The summed E-state index contributed by atoms with van der Waals surface area (Å²) in [5.74, 6) is 1.16. The van der Waals surface area contributed by atoms with Crippen LogP contribution in [0.3, 0.4) is 0 Å². The molecule has 21 heavy (non-hydrogen) atoms. The van der Waals surface area contributed by atoms with Crippen molar-refractivity contribution in [3.8, 4) is 11.4 Å². The van der Waals surface area contributed by atoms with Gasteiger partial charge in [0.25, 0.3) is 0 Å². The molecule has 1 atom stereocenters. The molecular formula is C13H17N5O2S. The van der Waals surface area contributed by atoms with Crippen LogP contribution in [0.15, 0.2) is 18.2 Å². The first kappa shape index (κ1) is 14.0. The maximum Gasteiger partial charge on any atom is 0.182 e. The summed E-state index contributed by atoms with van der Waals surface area (Å²) >= 11 is 0. The molecule has 1 aliphatic heterocycles. The number of sulfone groups is 1. The Hall–Kier alpha value is -1.96. The third-order valence-electron chi connectivity index (χ3n) is 3.79. The number of aromatic nitrogens is 4. The predicted octanol–water partition coefficient (Wildman–Crippen LogP) is 0.665. The second-order valence-corrected chi connectivity index (χ2v) is 7.76. The molecule has 1 unspecified atom stereocenters. The number of nitrogen functional groups attached to an aromatic ring is 1. The Balaban J connectivity index is 1.89. The van der Waals surface area contributed by atoms with E-state index in [2.05, 4.69) is 15.5 Å². The molecule has 1 aliphatic rings. The van der Waals surface area contributed by atoms with Crippen LogP contribution in [0.4, 0.5) is 5.69 Å². The molecule has 1 saturated heterocycles. The van der Waals surface area contributed by atoms with Crippen LogP contribution in [-0.2, 0) is 16.4 Å². The molecule has 0 amide bonds. The smallest absolute Gasteiger partial charge is 0.182 e. The first-order chi connectivity index (χ1) is 9.94. The van der Waals surface area contributed by atoms with E-state index in [0.717, 1.165) is 11.1 Å². The number of nitrogens with two attached hydrogens (primary N) is 1. The summed E-state index contributed by atoms with van der Waals surface area (Å²) in [6, 6.07) is 5.59. The minimum Gasteiger partial charge on any atom is -0.399 e. The van der Waals surface area contributed by atoms with Crippen molar-refractivity contribution in [2.45, 2.75) is 19.9 Å². The van der Waals surface area contributed by atoms with Crippen LogP contribution in [0.2, 0.25) is 0 Å². The Bertz CT molecular complexity index is 769. The summed E-state index contributed by atoms with van der Waals surface area (Å²) in [6.07, 6.45) is 0.664. The van der Waals surface area contributed by atoms with Crippen molar-refractivity contribution in [2.75, 3.05) is 17.2 Å². The number of nitrogens with zero attached hydrogens (tertiary/aromatic N) is 4. The summed E-state index contributed by atoms with van der Waals surface area (Å²) in [4.78, 5) is 0. The molecule has 0 spiro atoms. The number of rotatable bonds is 3. The fraction of sp³-hybridized carbons (Fsp3) is 0.462. The van der Waals surface area contributed by atoms with Gasteiger partial charge in [-0.3, -0.25) is 0 Å². The third-order valence-corrected chi connectivity index (χ3v) is 5.63. The number of anilines is 1. The minimum absolute atomic E-state index is 0.0682. The topological polar surface area (TPSA) is 104 Å². The average molecular weight is 307 g/mol. The maximum absolute atomic E-state index is 11.5. The Morgan fingerprint density at radius 1 is 1.43 bits per heavy atom. The van der Waals surface area contributed by atoms with Crippen molar-refractivity contribution in [1.82, 2.24) is 20.2 Å². The summed E-state index contributed by atoms with van der Waals surface area (Å²) < 4.78 is 24.8. The second-order valence-electron chi connectivity index (χ2n) is 5.53. The molecule has 0 saturated carbocycles. The zero-order valence-corrected chi connectivity index (χ0v) is 12.5. The maximum atomic E-state index is 11.5. The monoisotopic (exact) mass is 307 g/mol. The first-order valence-corrected chi connectivity index (χ1v) is 8.60. The van der Waals surface area contributed by atoms with E-state index in [1.165, 1.54) is 0 Å². The molecule has 0 bridgehead atoms. The molecule has 1 fully saturated rings. The Morgan fingerprint density at radius 3 is 2.95 bits per heavy atom. The van der Waals surface area contributed by atoms with Crippen LogP contribution in [0.25, 0.3) is 11.4 Å².